The highest BCUT2D eigenvalue weighted by atomic mass is 16.1. The summed E-state index contributed by atoms with van der Waals surface area (Å²) in [7, 11) is 0. The maximum Gasteiger partial charge on any atom is 0.136 e. The Labute approximate surface area is 74.5 Å². The lowest BCUT2D eigenvalue weighted by Crippen LogP contribution is -2.34. The van der Waals surface area contributed by atoms with Crippen molar-refractivity contribution >= 4 is 5.78 Å². The number of Topliss-reactive ketones (excluding diaryl/α,β-unsaturated/α-hetero) is 1. The Bertz CT molecular complexity index is 185. The minimum atomic E-state index is 0.468. The summed E-state index contributed by atoms with van der Waals surface area (Å²) < 4.78 is 0. The van der Waals surface area contributed by atoms with Crippen LogP contribution in [0.2, 0.25) is 0 Å². The van der Waals surface area contributed by atoms with E-state index < -0.39 is 0 Å². The fraction of sp³-hybridized carbons (Fsp3) is 0.909. The average molecular weight is 166 g/mol. The second-order valence-electron chi connectivity index (χ2n) is 4.66. The van der Waals surface area contributed by atoms with Crippen LogP contribution in [0.15, 0.2) is 0 Å². The highest BCUT2D eigenvalue weighted by Gasteiger charge is 2.35. The maximum absolute atomic E-state index is 11.6. The molecule has 0 N–H and O–H groups in total. The molecule has 2 rings (SSSR count). The predicted octanol–water partition coefficient (Wildman–Crippen LogP) is 2.79. The van der Waals surface area contributed by atoms with Crippen LogP contribution in [0.1, 0.15) is 45.4 Å². The molecular weight excluding hydrogens is 148 g/mol. The van der Waals surface area contributed by atoms with E-state index in [-0.39, 0.29) is 0 Å². The van der Waals surface area contributed by atoms with Gasteiger partial charge in [-0.2, -0.15) is 0 Å². The molecule has 0 heterocycles. The molecule has 2 saturated carbocycles. The van der Waals surface area contributed by atoms with Crippen LogP contribution in [0, 0.1) is 17.8 Å². The predicted molar refractivity (Wildman–Crippen MR) is 48.9 cm³/mol. The zero-order valence-corrected chi connectivity index (χ0v) is 7.88. The lowest BCUT2D eigenvalue weighted by atomic mass is 9.67. The van der Waals surface area contributed by atoms with Crippen molar-refractivity contribution in [3.05, 3.63) is 0 Å². The Morgan fingerprint density at radius 1 is 1.25 bits per heavy atom. The molecule has 0 aromatic carbocycles. The molecule has 1 nitrogen and oxygen atoms in total. The lowest BCUT2D eigenvalue weighted by Gasteiger charge is -2.36. The summed E-state index contributed by atoms with van der Waals surface area (Å²) >= 11 is 0. The van der Waals surface area contributed by atoms with Gasteiger partial charge in [0.25, 0.3) is 0 Å². The van der Waals surface area contributed by atoms with Crippen LogP contribution < -0.4 is 0 Å². The molecule has 0 aromatic heterocycles. The van der Waals surface area contributed by atoms with Gasteiger partial charge >= 0.3 is 0 Å². The number of rotatable bonds is 0. The van der Waals surface area contributed by atoms with Crippen molar-refractivity contribution in [2.24, 2.45) is 17.8 Å². The molecule has 68 valence electrons. The molecular formula is C11H18O. The van der Waals surface area contributed by atoms with E-state index >= 15 is 0 Å². The number of hydrogen-bond acceptors (Lipinski definition) is 1. The molecule has 3 atom stereocenters. The second kappa shape index (κ2) is 3.20. The van der Waals surface area contributed by atoms with Gasteiger partial charge in [0, 0.05) is 12.3 Å². The van der Waals surface area contributed by atoms with Crippen LogP contribution in [0.4, 0.5) is 0 Å². The van der Waals surface area contributed by atoms with Crippen LogP contribution in [-0.4, -0.2) is 5.78 Å². The van der Waals surface area contributed by atoms with Gasteiger partial charge < -0.3 is 0 Å². The fourth-order valence-corrected chi connectivity index (χ4v) is 3.01. The van der Waals surface area contributed by atoms with Crippen molar-refractivity contribution in [1.82, 2.24) is 0 Å². The van der Waals surface area contributed by atoms with Crippen molar-refractivity contribution in [2.45, 2.75) is 45.4 Å². The first kappa shape index (κ1) is 8.28. The van der Waals surface area contributed by atoms with Crippen LogP contribution in [0.25, 0.3) is 0 Å². The van der Waals surface area contributed by atoms with Gasteiger partial charge in [-0.05, 0) is 31.1 Å². The molecule has 0 amide bonds. The molecule has 1 heteroatoms. The summed E-state index contributed by atoms with van der Waals surface area (Å²) in [6, 6.07) is 0. The van der Waals surface area contributed by atoms with Gasteiger partial charge in [-0.1, -0.05) is 19.8 Å². The van der Waals surface area contributed by atoms with Crippen molar-refractivity contribution in [1.29, 1.82) is 0 Å². The molecule has 2 aliphatic rings. The molecule has 0 spiro atoms. The molecule has 0 aliphatic heterocycles. The second-order valence-corrected chi connectivity index (χ2v) is 4.66. The van der Waals surface area contributed by atoms with E-state index in [1.54, 1.807) is 0 Å². The van der Waals surface area contributed by atoms with E-state index in [2.05, 4.69) is 6.92 Å². The first-order valence-corrected chi connectivity index (χ1v) is 5.30. The van der Waals surface area contributed by atoms with Gasteiger partial charge in [0.05, 0.1) is 0 Å². The molecule has 2 aliphatic carbocycles. The summed E-state index contributed by atoms with van der Waals surface area (Å²) in [5.74, 6) is 2.46. The third kappa shape index (κ3) is 1.41. The molecule has 0 aromatic rings. The van der Waals surface area contributed by atoms with E-state index in [9.17, 15) is 4.79 Å². The number of fused-ring (bicyclic) bond motifs is 1. The van der Waals surface area contributed by atoms with E-state index in [1.165, 1.54) is 32.1 Å². The normalized spacial score (nSPS) is 42.4. The highest BCUT2D eigenvalue weighted by Crippen LogP contribution is 2.40. The zero-order chi connectivity index (χ0) is 8.55. The average Bonchev–Trinajstić information content (AvgIpc) is 2.04. The van der Waals surface area contributed by atoms with Gasteiger partial charge in [-0.25, -0.2) is 0 Å². The van der Waals surface area contributed by atoms with Crippen molar-refractivity contribution < 1.29 is 4.79 Å². The Balaban J connectivity index is 2.06. The number of ketones is 1. The van der Waals surface area contributed by atoms with Gasteiger partial charge in [-0.15, -0.1) is 0 Å². The van der Waals surface area contributed by atoms with Gasteiger partial charge in [0.2, 0.25) is 0 Å². The third-order valence-corrected chi connectivity index (χ3v) is 3.58. The Hall–Kier alpha value is -0.330. The number of carbonyl (C=O) groups is 1. The molecule has 3 unspecified atom stereocenters. The quantitative estimate of drug-likeness (QED) is 0.541. The third-order valence-electron chi connectivity index (χ3n) is 3.58. The summed E-state index contributed by atoms with van der Waals surface area (Å²) in [6.07, 6.45) is 7.34. The summed E-state index contributed by atoms with van der Waals surface area (Å²) in [5.41, 5.74) is 0. The number of hydrogen-bond donors (Lipinski definition) is 0. The first-order chi connectivity index (χ1) is 5.77. The van der Waals surface area contributed by atoms with Crippen LogP contribution in [0.3, 0.4) is 0 Å². The molecule has 0 saturated heterocycles. The monoisotopic (exact) mass is 166 g/mol. The van der Waals surface area contributed by atoms with E-state index in [1.807, 2.05) is 0 Å². The van der Waals surface area contributed by atoms with Crippen molar-refractivity contribution in [3.8, 4) is 0 Å². The molecule has 0 bridgehead atoms. The topological polar surface area (TPSA) is 17.1 Å². The van der Waals surface area contributed by atoms with Crippen LogP contribution in [-0.2, 0) is 4.79 Å². The van der Waals surface area contributed by atoms with Crippen LogP contribution in [0.5, 0.6) is 0 Å². The van der Waals surface area contributed by atoms with E-state index in [4.69, 9.17) is 0 Å². The zero-order valence-electron chi connectivity index (χ0n) is 7.88. The molecule has 2 fully saturated rings. The standard InChI is InChI=1S/C11H18O/c1-8-6-9-4-2-3-5-10(9)11(12)7-8/h8-10H,2-7H2,1H3. The smallest absolute Gasteiger partial charge is 0.136 e. The van der Waals surface area contributed by atoms with Crippen molar-refractivity contribution in [2.75, 3.05) is 0 Å². The summed E-state index contributed by atoms with van der Waals surface area (Å²) in [4.78, 5) is 11.6. The van der Waals surface area contributed by atoms with Crippen LogP contribution >= 0.6 is 0 Å². The van der Waals surface area contributed by atoms with Crippen molar-refractivity contribution in [3.63, 3.8) is 0 Å². The Morgan fingerprint density at radius 3 is 2.83 bits per heavy atom. The summed E-state index contributed by atoms with van der Waals surface area (Å²) in [6.45, 7) is 2.22. The largest absolute Gasteiger partial charge is 0.299 e. The summed E-state index contributed by atoms with van der Waals surface area (Å²) in [5, 5.41) is 0. The Kier molecular flexibility index (Phi) is 2.20. The van der Waals surface area contributed by atoms with E-state index in [0.29, 0.717) is 17.6 Å². The van der Waals surface area contributed by atoms with Gasteiger partial charge in [0.15, 0.2) is 0 Å². The van der Waals surface area contributed by atoms with Gasteiger partial charge in [0.1, 0.15) is 5.78 Å². The number of carbonyl (C=O) groups excluding carboxylic acids is 1. The lowest BCUT2D eigenvalue weighted by molar-refractivity contribution is -0.129. The SMILES string of the molecule is CC1CC(=O)C2CCCCC2C1. The molecule has 0 radical (unpaired) electrons. The minimum Gasteiger partial charge on any atom is -0.299 e. The highest BCUT2D eigenvalue weighted by molar-refractivity contribution is 5.82. The minimum absolute atomic E-state index is 0.468. The molecule has 12 heavy (non-hydrogen) atoms. The van der Waals surface area contributed by atoms with Gasteiger partial charge in [-0.3, -0.25) is 4.79 Å². The maximum atomic E-state index is 11.6. The first-order valence-electron chi connectivity index (χ1n) is 5.30. The van der Waals surface area contributed by atoms with E-state index in [0.717, 1.165) is 12.3 Å². The fourth-order valence-electron chi connectivity index (χ4n) is 3.01. The Morgan fingerprint density at radius 2 is 2.00 bits per heavy atom.